The molecule has 0 aliphatic rings. The minimum Gasteiger partial charge on any atom is -0.462 e. The van der Waals surface area contributed by atoms with E-state index in [0.29, 0.717) is 18.8 Å². The molecule has 0 aromatic carbocycles. The summed E-state index contributed by atoms with van der Waals surface area (Å²) in [5.41, 5.74) is 10.1. The fraction of sp³-hybridized carbons (Fsp3) is 0.778. The van der Waals surface area contributed by atoms with Gasteiger partial charge in [0.05, 0.1) is 12.4 Å². The normalized spacial score (nSPS) is 15.9. The quantitative estimate of drug-likeness (QED) is 0.197. The second-order valence-electron chi connectivity index (χ2n) is 3.33. The molecule has 0 radical (unpaired) electrons. The first kappa shape index (κ1) is 14.2. The van der Waals surface area contributed by atoms with Crippen LogP contribution >= 0.6 is 12.6 Å². The van der Waals surface area contributed by atoms with E-state index >= 15 is 0 Å². The average molecular weight is 233 g/mol. The van der Waals surface area contributed by atoms with Crippen molar-refractivity contribution in [1.82, 2.24) is 0 Å². The second-order valence-corrected chi connectivity index (χ2v) is 3.64. The number of amidine groups is 1. The largest absolute Gasteiger partial charge is 0.462 e. The predicted molar refractivity (Wildman–Crippen MR) is 64.2 cm³/mol. The maximum absolute atomic E-state index is 11.5. The lowest BCUT2D eigenvalue weighted by Gasteiger charge is -2.23. The monoisotopic (exact) mass is 233 g/mol. The summed E-state index contributed by atoms with van der Waals surface area (Å²) in [5.74, 6) is 0.293. The van der Waals surface area contributed by atoms with Gasteiger partial charge in [-0.2, -0.15) is 12.6 Å². The molecule has 0 aromatic rings. The number of hydrogen-bond donors (Lipinski definition) is 3. The first-order valence-electron chi connectivity index (χ1n) is 4.79. The van der Waals surface area contributed by atoms with E-state index in [1.807, 2.05) is 6.92 Å². The average Bonchev–Trinajstić information content (AvgIpc) is 2.22. The smallest absolute Gasteiger partial charge is 0.327 e. The third-order valence-corrected chi connectivity index (χ3v) is 2.57. The fourth-order valence-corrected chi connectivity index (χ4v) is 1.18. The zero-order valence-electron chi connectivity index (χ0n) is 9.19. The van der Waals surface area contributed by atoms with Gasteiger partial charge < -0.3 is 16.2 Å². The van der Waals surface area contributed by atoms with Crippen molar-refractivity contribution in [3.8, 4) is 0 Å². The third-order valence-electron chi connectivity index (χ3n) is 2.01. The van der Waals surface area contributed by atoms with E-state index in [1.54, 1.807) is 6.92 Å². The number of esters is 1. The van der Waals surface area contributed by atoms with Crippen LogP contribution in [0.1, 0.15) is 20.3 Å². The molecule has 0 rings (SSSR count). The molecule has 0 saturated heterocycles. The molecule has 15 heavy (non-hydrogen) atoms. The van der Waals surface area contributed by atoms with Crippen LogP contribution in [0.15, 0.2) is 4.99 Å². The van der Waals surface area contributed by atoms with E-state index in [2.05, 4.69) is 17.6 Å². The van der Waals surface area contributed by atoms with Crippen molar-refractivity contribution in [3.63, 3.8) is 0 Å². The lowest BCUT2D eigenvalue weighted by Crippen LogP contribution is -2.50. The predicted octanol–water partition coefficient (Wildman–Crippen LogP) is -0.0560. The Balaban J connectivity index is 3.98. The summed E-state index contributed by atoms with van der Waals surface area (Å²) in [4.78, 5) is 15.4. The molecule has 88 valence electrons. The molecule has 0 amide bonds. The van der Waals surface area contributed by atoms with Crippen LogP contribution in [0.4, 0.5) is 0 Å². The van der Waals surface area contributed by atoms with Crippen molar-refractivity contribution in [1.29, 1.82) is 0 Å². The molecule has 5 nitrogen and oxygen atoms in total. The molecule has 1 atom stereocenters. The number of carbonyl (C=O) groups excluding carboxylic acids is 1. The van der Waals surface area contributed by atoms with Gasteiger partial charge in [-0.1, -0.05) is 6.92 Å². The van der Waals surface area contributed by atoms with E-state index in [-0.39, 0.29) is 12.4 Å². The number of carbonyl (C=O) groups is 1. The standard InChI is InChI=1S/C9H19N3O2S/c1-3-9(11,6-15)8(13)14-5-4-12-7(2)10/h15H,3-6,11H2,1-2H3,(H2,10,12)/t9-/m0/s1. The Kier molecular flexibility index (Phi) is 6.35. The SMILES string of the molecule is CC[C@](N)(CS)C(=O)OCCN=C(C)N. The maximum Gasteiger partial charge on any atom is 0.327 e. The van der Waals surface area contributed by atoms with Gasteiger partial charge in [-0.25, -0.2) is 0 Å². The van der Waals surface area contributed by atoms with Crippen molar-refractivity contribution in [3.05, 3.63) is 0 Å². The van der Waals surface area contributed by atoms with Gasteiger partial charge in [-0.05, 0) is 13.3 Å². The number of thiol groups is 1. The van der Waals surface area contributed by atoms with E-state index in [1.165, 1.54) is 0 Å². The summed E-state index contributed by atoms with van der Waals surface area (Å²) in [7, 11) is 0. The second kappa shape index (κ2) is 6.68. The summed E-state index contributed by atoms with van der Waals surface area (Å²) in [5, 5.41) is 0. The molecular formula is C9H19N3O2S. The van der Waals surface area contributed by atoms with Crippen molar-refractivity contribution >= 4 is 24.4 Å². The van der Waals surface area contributed by atoms with Crippen LogP contribution in [-0.4, -0.2) is 36.2 Å². The molecule has 0 spiro atoms. The summed E-state index contributed by atoms with van der Waals surface area (Å²) >= 11 is 4.02. The summed E-state index contributed by atoms with van der Waals surface area (Å²) in [6, 6.07) is 0. The van der Waals surface area contributed by atoms with Gasteiger partial charge in [0, 0.05) is 5.75 Å². The van der Waals surface area contributed by atoms with E-state index < -0.39 is 11.5 Å². The first-order chi connectivity index (χ1) is 6.96. The number of nitrogens with two attached hydrogens (primary N) is 2. The van der Waals surface area contributed by atoms with E-state index in [4.69, 9.17) is 16.2 Å². The molecule has 0 bridgehead atoms. The lowest BCUT2D eigenvalue weighted by atomic mass is 10.0. The summed E-state index contributed by atoms with van der Waals surface area (Å²) in [6.07, 6.45) is 0.495. The number of rotatable bonds is 6. The number of hydrogen-bond acceptors (Lipinski definition) is 5. The van der Waals surface area contributed by atoms with Crippen molar-refractivity contribution in [2.24, 2.45) is 16.5 Å². The summed E-state index contributed by atoms with van der Waals surface area (Å²) in [6.45, 7) is 4.05. The molecule has 0 aromatic heterocycles. The van der Waals surface area contributed by atoms with Crippen molar-refractivity contribution in [2.45, 2.75) is 25.8 Å². The Morgan fingerprint density at radius 3 is 2.60 bits per heavy atom. The van der Waals surface area contributed by atoms with Crippen LogP contribution in [-0.2, 0) is 9.53 Å². The zero-order chi connectivity index (χ0) is 11.9. The molecule has 0 unspecified atom stereocenters. The van der Waals surface area contributed by atoms with Gasteiger partial charge >= 0.3 is 5.97 Å². The highest BCUT2D eigenvalue weighted by atomic mass is 32.1. The van der Waals surface area contributed by atoms with Gasteiger partial charge in [0.25, 0.3) is 0 Å². The number of nitrogens with zero attached hydrogens (tertiary/aromatic N) is 1. The van der Waals surface area contributed by atoms with Gasteiger partial charge in [-0.15, -0.1) is 0 Å². The Labute approximate surface area is 95.7 Å². The van der Waals surface area contributed by atoms with Crippen LogP contribution in [0.3, 0.4) is 0 Å². The van der Waals surface area contributed by atoms with Crippen LogP contribution < -0.4 is 11.5 Å². The molecule has 0 heterocycles. The van der Waals surface area contributed by atoms with E-state index in [9.17, 15) is 4.79 Å². The molecule has 4 N–H and O–H groups in total. The highest BCUT2D eigenvalue weighted by molar-refractivity contribution is 7.80. The lowest BCUT2D eigenvalue weighted by molar-refractivity contribution is -0.149. The van der Waals surface area contributed by atoms with E-state index in [0.717, 1.165) is 0 Å². The highest BCUT2D eigenvalue weighted by Crippen LogP contribution is 2.10. The third kappa shape index (κ3) is 5.03. The fourth-order valence-electron chi connectivity index (χ4n) is 0.825. The van der Waals surface area contributed by atoms with Gasteiger partial charge in [0.1, 0.15) is 12.1 Å². The number of aliphatic imine (C=N–C) groups is 1. The topological polar surface area (TPSA) is 90.7 Å². The van der Waals surface area contributed by atoms with Crippen LogP contribution in [0.25, 0.3) is 0 Å². The molecule has 0 aliphatic carbocycles. The van der Waals surface area contributed by atoms with Gasteiger partial charge in [-0.3, -0.25) is 9.79 Å². The van der Waals surface area contributed by atoms with Gasteiger partial charge in [0.15, 0.2) is 0 Å². The highest BCUT2D eigenvalue weighted by Gasteiger charge is 2.31. The molecule has 0 aliphatic heterocycles. The molecule has 6 heteroatoms. The van der Waals surface area contributed by atoms with Crippen molar-refractivity contribution in [2.75, 3.05) is 18.9 Å². The van der Waals surface area contributed by atoms with Crippen LogP contribution in [0.2, 0.25) is 0 Å². The van der Waals surface area contributed by atoms with Crippen molar-refractivity contribution < 1.29 is 9.53 Å². The zero-order valence-corrected chi connectivity index (χ0v) is 10.1. The Hall–Kier alpha value is -0.750. The Bertz CT molecular complexity index is 236. The minimum absolute atomic E-state index is 0.195. The Morgan fingerprint density at radius 1 is 1.60 bits per heavy atom. The van der Waals surface area contributed by atoms with Crippen LogP contribution in [0, 0.1) is 0 Å². The summed E-state index contributed by atoms with van der Waals surface area (Å²) < 4.78 is 4.96. The number of ether oxygens (including phenoxy) is 1. The first-order valence-corrected chi connectivity index (χ1v) is 5.43. The maximum atomic E-state index is 11.5. The van der Waals surface area contributed by atoms with Gasteiger partial charge in [0.2, 0.25) is 0 Å². The Morgan fingerprint density at radius 2 is 2.20 bits per heavy atom. The minimum atomic E-state index is -0.995. The molecular weight excluding hydrogens is 214 g/mol. The molecule has 0 saturated carbocycles. The molecule has 0 fully saturated rings. The van der Waals surface area contributed by atoms with Crippen LogP contribution in [0.5, 0.6) is 0 Å².